The van der Waals surface area contributed by atoms with Crippen LogP contribution in [-0.2, 0) is 6.54 Å². The van der Waals surface area contributed by atoms with E-state index >= 15 is 0 Å². The number of nitrogens with zero attached hydrogens (tertiary/aromatic N) is 3. The molecule has 1 amide bonds. The summed E-state index contributed by atoms with van der Waals surface area (Å²) in [6.45, 7) is 8.88. The summed E-state index contributed by atoms with van der Waals surface area (Å²) in [5.41, 5.74) is 3.55. The van der Waals surface area contributed by atoms with E-state index in [1.165, 1.54) is 36.4 Å². The van der Waals surface area contributed by atoms with E-state index < -0.39 is 0 Å². The molecule has 0 aliphatic carbocycles. The van der Waals surface area contributed by atoms with Crippen LogP contribution < -0.4 is 0 Å². The summed E-state index contributed by atoms with van der Waals surface area (Å²) in [4.78, 5) is 22.2. The van der Waals surface area contributed by atoms with Gasteiger partial charge < -0.3 is 4.90 Å². The number of amides is 1. The van der Waals surface area contributed by atoms with E-state index in [-0.39, 0.29) is 35.4 Å². The lowest BCUT2D eigenvalue weighted by atomic mass is 9.88. The highest BCUT2D eigenvalue weighted by Gasteiger charge is 2.36. The maximum Gasteiger partial charge on any atom is 0.254 e. The van der Waals surface area contributed by atoms with Gasteiger partial charge in [0.1, 0.15) is 11.6 Å². The average Bonchev–Trinajstić information content (AvgIpc) is 3.20. The zero-order chi connectivity index (χ0) is 24.2. The normalized spacial score (nSPS) is 18.4. The molecule has 1 aromatic heterocycles. The Labute approximate surface area is 200 Å². The highest BCUT2D eigenvalue weighted by molar-refractivity contribution is 5.94. The first-order chi connectivity index (χ1) is 16.3. The number of pyridine rings is 1. The molecule has 6 heteroatoms. The van der Waals surface area contributed by atoms with Crippen LogP contribution in [0.2, 0.25) is 0 Å². The number of rotatable bonds is 7. The first-order valence-electron chi connectivity index (χ1n) is 11.8. The monoisotopic (exact) mass is 463 g/mol. The number of aryl methyl sites for hydroxylation is 1. The maximum atomic E-state index is 13.6. The molecule has 2 heterocycles. The van der Waals surface area contributed by atoms with Gasteiger partial charge in [-0.3, -0.25) is 14.7 Å². The molecule has 0 radical (unpaired) electrons. The Bertz CT molecular complexity index is 1120. The summed E-state index contributed by atoms with van der Waals surface area (Å²) >= 11 is 0. The Balaban J connectivity index is 1.57. The van der Waals surface area contributed by atoms with Crippen LogP contribution in [0.1, 0.15) is 47.1 Å². The summed E-state index contributed by atoms with van der Waals surface area (Å²) in [7, 11) is 0. The van der Waals surface area contributed by atoms with E-state index in [1.807, 2.05) is 56.0 Å². The number of aromatic nitrogens is 1. The van der Waals surface area contributed by atoms with Crippen LogP contribution >= 0.6 is 0 Å². The molecule has 1 aliphatic heterocycles. The topological polar surface area (TPSA) is 36.4 Å². The number of hydrogen-bond acceptors (Lipinski definition) is 3. The summed E-state index contributed by atoms with van der Waals surface area (Å²) in [5.74, 6) is -0.393. The van der Waals surface area contributed by atoms with Gasteiger partial charge >= 0.3 is 0 Å². The van der Waals surface area contributed by atoms with Gasteiger partial charge in [0.25, 0.3) is 5.91 Å². The molecule has 2 atom stereocenters. The highest BCUT2D eigenvalue weighted by Crippen LogP contribution is 2.35. The minimum absolute atomic E-state index is 0.0149. The Morgan fingerprint density at radius 2 is 1.65 bits per heavy atom. The van der Waals surface area contributed by atoms with Gasteiger partial charge in [-0.15, -0.1) is 0 Å². The highest BCUT2D eigenvalue weighted by atomic mass is 19.1. The van der Waals surface area contributed by atoms with E-state index in [1.54, 1.807) is 0 Å². The van der Waals surface area contributed by atoms with Gasteiger partial charge in [-0.25, -0.2) is 8.78 Å². The summed E-state index contributed by atoms with van der Waals surface area (Å²) in [5, 5.41) is 0. The van der Waals surface area contributed by atoms with Crippen molar-refractivity contribution in [2.75, 3.05) is 19.6 Å². The van der Waals surface area contributed by atoms with Crippen molar-refractivity contribution in [3.05, 3.63) is 101 Å². The van der Waals surface area contributed by atoms with Crippen LogP contribution in [0.4, 0.5) is 8.78 Å². The molecule has 1 aliphatic rings. The zero-order valence-corrected chi connectivity index (χ0v) is 19.9. The predicted octanol–water partition coefficient (Wildman–Crippen LogP) is 5.43. The fourth-order valence-corrected chi connectivity index (χ4v) is 4.82. The minimum Gasteiger partial charge on any atom is -0.336 e. The van der Waals surface area contributed by atoms with E-state index in [0.29, 0.717) is 12.1 Å². The van der Waals surface area contributed by atoms with Crippen molar-refractivity contribution in [3.8, 4) is 0 Å². The van der Waals surface area contributed by atoms with Gasteiger partial charge in [0.2, 0.25) is 0 Å². The third-order valence-electron chi connectivity index (χ3n) is 6.55. The standard InChI is InChI=1S/C28H31F2N3O/c1-19(2)33(28(34)22-9-13-25(30)14-10-22)16-23-15-32(17-26-6-4-5-20(3)31-26)18-27(23)21-7-11-24(29)12-8-21/h4-14,19,23,27H,15-18H2,1-3H3. The van der Waals surface area contributed by atoms with E-state index in [9.17, 15) is 13.6 Å². The summed E-state index contributed by atoms with van der Waals surface area (Å²) in [6.07, 6.45) is 0. The Kier molecular flexibility index (Phi) is 7.37. The van der Waals surface area contributed by atoms with Crippen molar-refractivity contribution in [2.24, 2.45) is 5.92 Å². The molecule has 0 spiro atoms. The molecule has 1 saturated heterocycles. The van der Waals surface area contributed by atoms with Gasteiger partial charge in [0.15, 0.2) is 0 Å². The van der Waals surface area contributed by atoms with Crippen molar-refractivity contribution < 1.29 is 13.6 Å². The number of halogens is 2. The van der Waals surface area contributed by atoms with Gasteiger partial charge in [0, 0.05) is 49.4 Å². The SMILES string of the molecule is Cc1cccc(CN2CC(CN(C(=O)c3ccc(F)cc3)C(C)C)C(c3ccc(F)cc3)C2)n1. The molecule has 0 bridgehead atoms. The van der Waals surface area contributed by atoms with Crippen LogP contribution in [0.25, 0.3) is 0 Å². The van der Waals surface area contributed by atoms with Crippen LogP contribution in [0, 0.1) is 24.5 Å². The van der Waals surface area contributed by atoms with Gasteiger partial charge in [-0.05, 0) is 80.8 Å². The first-order valence-corrected chi connectivity index (χ1v) is 11.8. The summed E-state index contributed by atoms with van der Waals surface area (Å²) in [6, 6.07) is 18.4. The molecular formula is C28H31F2N3O. The van der Waals surface area contributed by atoms with E-state index in [4.69, 9.17) is 0 Å². The second kappa shape index (κ2) is 10.4. The molecule has 2 aromatic carbocycles. The Morgan fingerprint density at radius 1 is 1.00 bits per heavy atom. The molecular weight excluding hydrogens is 432 g/mol. The van der Waals surface area contributed by atoms with E-state index in [2.05, 4.69) is 9.88 Å². The lowest BCUT2D eigenvalue weighted by Crippen LogP contribution is -2.42. The van der Waals surface area contributed by atoms with Crippen molar-refractivity contribution >= 4 is 5.91 Å². The molecule has 34 heavy (non-hydrogen) atoms. The van der Waals surface area contributed by atoms with Gasteiger partial charge in [0.05, 0.1) is 5.69 Å². The zero-order valence-electron chi connectivity index (χ0n) is 19.9. The van der Waals surface area contributed by atoms with Crippen LogP contribution in [0.3, 0.4) is 0 Å². The molecule has 0 N–H and O–H groups in total. The fourth-order valence-electron chi connectivity index (χ4n) is 4.82. The van der Waals surface area contributed by atoms with Crippen molar-refractivity contribution in [2.45, 2.75) is 39.3 Å². The van der Waals surface area contributed by atoms with Crippen molar-refractivity contribution in [1.82, 2.24) is 14.8 Å². The number of hydrogen-bond donors (Lipinski definition) is 0. The average molecular weight is 464 g/mol. The minimum atomic E-state index is -0.361. The third kappa shape index (κ3) is 5.68. The van der Waals surface area contributed by atoms with Crippen LogP contribution in [0.5, 0.6) is 0 Å². The fraction of sp³-hybridized carbons (Fsp3) is 0.357. The lowest BCUT2D eigenvalue weighted by Gasteiger charge is -2.32. The molecule has 3 aromatic rings. The molecule has 178 valence electrons. The van der Waals surface area contributed by atoms with Crippen LogP contribution in [-0.4, -0.2) is 46.4 Å². The van der Waals surface area contributed by atoms with E-state index in [0.717, 1.165) is 36.6 Å². The number of likely N-dealkylation sites (tertiary alicyclic amines) is 1. The number of benzene rings is 2. The molecule has 4 rings (SSSR count). The smallest absolute Gasteiger partial charge is 0.254 e. The molecule has 1 fully saturated rings. The second-order valence-corrected chi connectivity index (χ2v) is 9.44. The van der Waals surface area contributed by atoms with Crippen LogP contribution in [0.15, 0.2) is 66.7 Å². The number of carbonyl (C=O) groups excluding carboxylic acids is 1. The number of carbonyl (C=O) groups is 1. The summed E-state index contributed by atoms with van der Waals surface area (Å²) < 4.78 is 27.0. The largest absolute Gasteiger partial charge is 0.336 e. The van der Waals surface area contributed by atoms with Crippen molar-refractivity contribution in [3.63, 3.8) is 0 Å². The molecule has 0 saturated carbocycles. The van der Waals surface area contributed by atoms with Crippen molar-refractivity contribution in [1.29, 1.82) is 0 Å². The second-order valence-electron chi connectivity index (χ2n) is 9.44. The molecule has 2 unspecified atom stereocenters. The van der Waals surface area contributed by atoms with Gasteiger partial charge in [-0.1, -0.05) is 18.2 Å². The predicted molar refractivity (Wildman–Crippen MR) is 129 cm³/mol. The third-order valence-corrected chi connectivity index (χ3v) is 6.55. The lowest BCUT2D eigenvalue weighted by molar-refractivity contribution is 0.0668. The Morgan fingerprint density at radius 3 is 2.26 bits per heavy atom. The quantitative estimate of drug-likeness (QED) is 0.469. The van der Waals surface area contributed by atoms with Gasteiger partial charge in [-0.2, -0.15) is 0 Å². The molecule has 4 nitrogen and oxygen atoms in total. The maximum absolute atomic E-state index is 13.6. The Hall–Kier alpha value is -3.12. The first kappa shape index (κ1) is 24.0.